The normalized spacial score (nSPS) is 11.6. The molecule has 0 amide bonds. The van der Waals surface area contributed by atoms with E-state index in [1.807, 2.05) is 84.4 Å². The smallest absolute Gasteiger partial charge is 0.211 e. The van der Waals surface area contributed by atoms with Gasteiger partial charge >= 0.3 is 0 Å². The summed E-state index contributed by atoms with van der Waals surface area (Å²) in [6.45, 7) is 0. The van der Waals surface area contributed by atoms with Crippen molar-refractivity contribution in [3.8, 4) is 17.6 Å². The van der Waals surface area contributed by atoms with Crippen molar-refractivity contribution in [2.45, 2.75) is 0 Å². The molecule has 0 aliphatic heterocycles. The van der Waals surface area contributed by atoms with E-state index in [2.05, 4.69) is 22.0 Å². The zero-order valence-electron chi connectivity index (χ0n) is 16.2. The maximum absolute atomic E-state index is 5.29. The van der Waals surface area contributed by atoms with Crippen molar-refractivity contribution in [3.05, 3.63) is 94.3 Å². The number of fused-ring (bicyclic) bond motifs is 1. The van der Waals surface area contributed by atoms with Gasteiger partial charge in [0.1, 0.15) is 5.75 Å². The Hall–Kier alpha value is -3.62. The first-order chi connectivity index (χ1) is 14.2. The number of nitrogens with zero attached hydrogens (tertiary/aromatic N) is 3. The third kappa shape index (κ3) is 4.45. The van der Waals surface area contributed by atoms with Gasteiger partial charge < -0.3 is 9.30 Å². The van der Waals surface area contributed by atoms with E-state index >= 15 is 0 Å². The molecule has 4 nitrogen and oxygen atoms in total. The molecule has 0 aliphatic rings. The van der Waals surface area contributed by atoms with Gasteiger partial charge in [-0.25, -0.2) is 0 Å². The maximum atomic E-state index is 5.29. The molecule has 0 saturated heterocycles. The Morgan fingerprint density at radius 3 is 2.38 bits per heavy atom. The highest BCUT2D eigenvalue weighted by molar-refractivity contribution is 7.16. The lowest BCUT2D eigenvalue weighted by Gasteiger charge is -1.99. The first-order valence-corrected chi connectivity index (χ1v) is 9.92. The molecule has 0 fully saturated rings. The standard InChI is InChI=1S/C24H19N3OS/c1-27-22-15-14-21(28-2)16-23(22)29-24(27)26-25-17-20-12-10-19(11-13-20)9-8-18-6-4-3-5-7-18/h3-7,10-17H,1-2H3/b25-17-,26-24-. The summed E-state index contributed by atoms with van der Waals surface area (Å²) in [7, 11) is 3.66. The topological polar surface area (TPSA) is 38.9 Å². The van der Waals surface area contributed by atoms with Crippen molar-refractivity contribution in [1.82, 2.24) is 4.57 Å². The van der Waals surface area contributed by atoms with Crippen LogP contribution in [-0.4, -0.2) is 17.9 Å². The third-order valence-corrected chi connectivity index (χ3v) is 5.49. The minimum Gasteiger partial charge on any atom is -0.497 e. The molecule has 3 aromatic carbocycles. The Bertz CT molecular complexity index is 1290. The van der Waals surface area contributed by atoms with Crippen LogP contribution in [0.5, 0.6) is 5.75 Å². The Morgan fingerprint density at radius 2 is 1.66 bits per heavy atom. The molecule has 142 valence electrons. The van der Waals surface area contributed by atoms with Gasteiger partial charge in [-0.1, -0.05) is 53.5 Å². The summed E-state index contributed by atoms with van der Waals surface area (Å²) in [5.74, 6) is 7.17. The number of hydrogen-bond acceptors (Lipinski definition) is 4. The highest BCUT2D eigenvalue weighted by Crippen LogP contribution is 2.22. The van der Waals surface area contributed by atoms with Gasteiger partial charge in [-0.05, 0) is 48.0 Å². The van der Waals surface area contributed by atoms with E-state index in [4.69, 9.17) is 4.74 Å². The minimum absolute atomic E-state index is 0.829. The van der Waals surface area contributed by atoms with Crippen molar-refractivity contribution >= 4 is 27.8 Å². The Morgan fingerprint density at radius 1 is 0.931 bits per heavy atom. The minimum atomic E-state index is 0.829. The number of rotatable bonds is 3. The van der Waals surface area contributed by atoms with Crippen LogP contribution in [0, 0.1) is 11.8 Å². The predicted octanol–water partition coefficient (Wildman–Crippen LogP) is 4.58. The zero-order valence-corrected chi connectivity index (χ0v) is 17.0. The lowest BCUT2D eigenvalue weighted by molar-refractivity contribution is 0.415. The van der Waals surface area contributed by atoms with E-state index in [-0.39, 0.29) is 0 Å². The Labute approximate surface area is 173 Å². The van der Waals surface area contributed by atoms with E-state index in [1.165, 1.54) is 0 Å². The van der Waals surface area contributed by atoms with Gasteiger partial charge in [0.2, 0.25) is 4.80 Å². The predicted molar refractivity (Wildman–Crippen MR) is 119 cm³/mol. The number of thiazole rings is 1. The molecule has 0 saturated carbocycles. The summed E-state index contributed by atoms with van der Waals surface area (Å²) in [6.07, 6.45) is 1.75. The van der Waals surface area contributed by atoms with Crippen molar-refractivity contribution in [1.29, 1.82) is 0 Å². The molecular weight excluding hydrogens is 378 g/mol. The van der Waals surface area contributed by atoms with Gasteiger partial charge in [-0.2, -0.15) is 5.10 Å². The van der Waals surface area contributed by atoms with Gasteiger partial charge in [-0.15, -0.1) is 5.10 Å². The van der Waals surface area contributed by atoms with Crippen LogP contribution < -0.4 is 9.54 Å². The number of aromatic nitrogens is 1. The van der Waals surface area contributed by atoms with Gasteiger partial charge in [0, 0.05) is 18.2 Å². The van der Waals surface area contributed by atoms with Crippen LogP contribution in [-0.2, 0) is 7.05 Å². The highest BCUT2D eigenvalue weighted by atomic mass is 32.1. The summed E-state index contributed by atoms with van der Waals surface area (Å²) in [6, 6.07) is 23.9. The fraction of sp³-hybridized carbons (Fsp3) is 0.0833. The SMILES string of the molecule is COc1ccc2c(c1)s/c(=N\N=C/c1ccc(C#Cc3ccccc3)cc1)n2C. The molecule has 4 rings (SSSR count). The fourth-order valence-electron chi connectivity index (χ4n) is 2.80. The molecule has 5 heteroatoms. The first-order valence-electron chi connectivity index (χ1n) is 9.11. The van der Waals surface area contributed by atoms with Gasteiger partial charge in [0.25, 0.3) is 0 Å². The highest BCUT2D eigenvalue weighted by Gasteiger charge is 2.03. The van der Waals surface area contributed by atoms with E-state index < -0.39 is 0 Å². The zero-order chi connectivity index (χ0) is 20.1. The number of ether oxygens (including phenoxy) is 1. The van der Waals surface area contributed by atoms with Crippen molar-refractivity contribution < 1.29 is 4.74 Å². The molecule has 0 spiro atoms. The second-order valence-corrected chi connectivity index (χ2v) is 7.37. The summed E-state index contributed by atoms with van der Waals surface area (Å²) in [5, 5.41) is 8.63. The van der Waals surface area contributed by atoms with Gasteiger partial charge in [-0.3, -0.25) is 0 Å². The molecule has 4 aromatic rings. The van der Waals surface area contributed by atoms with Crippen LogP contribution in [0.3, 0.4) is 0 Å². The summed E-state index contributed by atoms with van der Waals surface area (Å²) < 4.78 is 8.43. The van der Waals surface area contributed by atoms with Crippen LogP contribution in [0.25, 0.3) is 10.2 Å². The lowest BCUT2D eigenvalue weighted by atomic mass is 10.1. The van der Waals surface area contributed by atoms with Crippen molar-refractivity contribution in [2.24, 2.45) is 17.3 Å². The fourth-order valence-corrected chi connectivity index (χ4v) is 3.81. The molecule has 0 aliphatic carbocycles. The average Bonchev–Trinajstić information content (AvgIpc) is 3.08. The summed E-state index contributed by atoms with van der Waals surface area (Å²) in [4.78, 5) is 0.829. The van der Waals surface area contributed by atoms with Crippen molar-refractivity contribution in [2.75, 3.05) is 7.11 Å². The molecule has 0 unspecified atom stereocenters. The van der Waals surface area contributed by atoms with Gasteiger partial charge in [0.05, 0.1) is 23.5 Å². The maximum Gasteiger partial charge on any atom is 0.211 e. The third-order valence-electron chi connectivity index (χ3n) is 4.40. The molecule has 1 aromatic heterocycles. The quantitative estimate of drug-likeness (QED) is 0.283. The van der Waals surface area contributed by atoms with Crippen LogP contribution in [0.4, 0.5) is 0 Å². The second-order valence-electron chi connectivity index (χ2n) is 6.36. The van der Waals surface area contributed by atoms with Crippen LogP contribution in [0.1, 0.15) is 16.7 Å². The van der Waals surface area contributed by atoms with Gasteiger partial charge in [0.15, 0.2) is 0 Å². The summed E-state index contributed by atoms with van der Waals surface area (Å²) in [5.41, 5.74) is 4.05. The van der Waals surface area contributed by atoms with E-state index in [1.54, 1.807) is 24.7 Å². The Balaban J connectivity index is 1.52. The lowest BCUT2D eigenvalue weighted by Crippen LogP contribution is -2.08. The molecule has 29 heavy (non-hydrogen) atoms. The second kappa shape index (κ2) is 8.59. The number of aryl methyl sites for hydroxylation is 1. The first kappa shape index (κ1) is 18.7. The molecule has 1 heterocycles. The van der Waals surface area contributed by atoms with E-state index in [0.29, 0.717) is 0 Å². The Kier molecular flexibility index (Phi) is 5.55. The molecular formula is C24H19N3OS. The summed E-state index contributed by atoms with van der Waals surface area (Å²) >= 11 is 1.58. The number of hydrogen-bond donors (Lipinski definition) is 0. The monoisotopic (exact) mass is 397 g/mol. The van der Waals surface area contributed by atoms with Crippen LogP contribution >= 0.6 is 11.3 Å². The molecule has 0 N–H and O–H groups in total. The average molecular weight is 398 g/mol. The molecule has 0 atom stereocenters. The molecule has 0 radical (unpaired) electrons. The van der Waals surface area contributed by atoms with Crippen LogP contribution in [0.15, 0.2) is 83.0 Å². The largest absolute Gasteiger partial charge is 0.497 e. The number of methoxy groups -OCH3 is 1. The van der Waals surface area contributed by atoms with Crippen molar-refractivity contribution in [3.63, 3.8) is 0 Å². The van der Waals surface area contributed by atoms with Crippen LogP contribution in [0.2, 0.25) is 0 Å². The van der Waals surface area contributed by atoms with E-state index in [0.717, 1.165) is 37.5 Å². The number of benzene rings is 3. The molecule has 0 bridgehead atoms. The van der Waals surface area contributed by atoms with E-state index in [9.17, 15) is 0 Å².